The van der Waals surface area contributed by atoms with Gasteiger partial charge in [0.05, 0.1) is 33.4 Å². The molecule has 2 aromatic heterocycles. The van der Waals surface area contributed by atoms with Crippen LogP contribution in [0, 0.1) is 19.8 Å². The number of nitrogens with two attached hydrogens (primary N) is 1. The number of rotatable bonds is 7. The maximum Gasteiger partial charge on any atom is 0.274 e. The molecule has 1 aromatic carbocycles. The van der Waals surface area contributed by atoms with Crippen LogP contribution in [0.4, 0.5) is 5.69 Å². The van der Waals surface area contributed by atoms with E-state index in [-0.39, 0.29) is 17.2 Å². The number of benzene rings is 1. The van der Waals surface area contributed by atoms with Crippen molar-refractivity contribution in [1.29, 1.82) is 0 Å². The molecule has 10 nitrogen and oxygen atoms in total. The molecule has 192 valence electrons. The Morgan fingerprint density at radius 1 is 1.17 bits per heavy atom. The van der Waals surface area contributed by atoms with Crippen molar-refractivity contribution in [3.05, 3.63) is 53.0 Å². The number of aryl methyl sites for hydroxylation is 1. The number of hydrogen-bond acceptors (Lipinski definition) is 6. The number of hydrogen-bond donors (Lipinski definition) is 2. The zero-order chi connectivity index (χ0) is 26.2. The van der Waals surface area contributed by atoms with E-state index < -0.39 is 27.1 Å². The van der Waals surface area contributed by atoms with E-state index >= 15 is 0 Å². The molecule has 0 unspecified atom stereocenters. The molecule has 0 atom stereocenters. The first-order chi connectivity index (χ1) is 17.0. The molecule has 0 saturated carbocycles. The lowest BCUT2D eigenvalue weighted by Gasteiger charge is -2.32. The predicted molar refractivity (Wildman–Crippen MR) is 138 cm³/mol. The number of para-hydroxylation sites is 1. The van der Waals surface area contributed by atoms with Gasteiger partial charge in [-0.05, 0) is 58.6 Å². The quantitative estimate of drug-likeness (QED) is 0.499. The van der Waals surface area contributed by atoms with Gasteiger partial charge in [0.25, 0.3) is 5.91 Å². The second-order valence-corrected chi connectivity index (χ2v) is 12.0. The van der Waals surface area contributed by atoms with E-state index in [1.54, 1.807) is 42.4 Å². The highest BCUT2D eigenvalue weighted by atomic mass is 32.2. The highest BCUT2D eigenvalue weighted by molar-refractivity contribution is 7.89. The van der Waals surface area contributed by atoms with E-state index in [9.17, 15) is 18.0 Å². The minimum atomic E-state index is -3.24. The van der Waals surface area contributed by atoms with Crippen LogP contribution < -0.4 is 11.1 Å². The van der Waals surface area contributed by atoms with Crippen molar-refractivity contribution in [2.75, 3.05) is 18.4 Å². The average molecular weight is 513 g/mol. The molecule has 36 heavy (non-hydrogen) atoms. The van der Waals surface area contributed by atoms with E-state index in [1.165, 1.54) is 6.07 Å². The maximum absolute atomic E-state index is 13.1. The van der Waals surface area contributed by atoms with Crippen LogP contribution in [0.1, 0.15) is 58.9 Å². The van der Waals surface area contributed by atoms with E-state index in [4.69, 9.17) is 5.73 Å². The van der Waals surface area contributed by atoms with E-state index in [2.05, 4.69) is 15.4 Å². The molecule has 1 fully saturated rings. The molecule has 3 heterocycles. The molecule has 0 aliphatic carbocycles. The summed E-state index contributed by atoms with van der Waals surface area (Å²) >= 11 is 0. The highest BCUT2D eigenvalue weighted by Gasteiger charge is 2.30. The first-order valence-electron chi connectivity index (χ1n) is 12.0. The average Bonchev–Trinajstić information content (AvgIpc) is 3.10. The fourth-order valence-electron chi connectivity index (χ4n) is 4.62. The summed E-state index contributed by atoms with van der Waals surface area (Å²) in [6.45, 7) is 8.76. The third kappa shape index (κ3) is 4.98. The minimum Gasteiger partial charge on any atom is -0.366 e. The molecule has 3 N–H and O–H groups in total. The number of carbonyl (C=O) groups excluding carboxylic acids is 2. The summed E-state index contributed by atoms with van der Waals surface area (Å²) in [5.74, 6) is -0.804. The number of anilines is 1. The number of carbonyl (C=O) groups is 2. The smallest absolute Gasteiger partial charge is 0.274 e. The fourth-order valence-corrected chi connectivity index (χ4v) is 5.93. The van der Waals surface area contributed by atoms with Gasteiger partial charge in [-0.25, -0.2) is 17.7 Å². The maximum atomic E-state index is 13.1. The van der Waals surface area contributed by atoms with Crippen LogP contribution in [0.3, 0.4) is 0 Å². The molecule has 4 rings (SSSR count). The Hall–Kier alpha value is -3.31. The first-order valence-corrected chi connectivity index (χ1v) is 13.5. The summed E-state index contributed by atoms with van der Waals surface area (Å²) in [5.41, 5.74) is 8.43. The van der Waals surface area contributed by atoms with Gasteiger partial charge in [-0.2, -0.15) is 5.10 Å². The van der Waals surface area contributed by atoms with Crippen molar-refractivity contribution in [2.45, 2.75) is 52.3 Å². The molecule has 0 spiro atoms. The van der Waals surface area contributed by atoms with Crippen LogP contribution in [-0.2, 0) is 16.6 Å². The zero-order valence-corrected chi connectivity index (χ0v) is 21.8. The third-order valence-electron chi connectivity index (χ3n) is 6.79. The minimum absolute atomic E-state index is 0.0905. The lowest BCUT2D eigenvalue weighted by molar-refractivity contribution is 0.100. The van der Waals surface area contributed by atoms with Crippen LogP contribution in [-0.4, -0.2) is 57.6 Å². The standard InChI is InChI=1S/C25H32N6O4S/c1-15(2)36(34,35)30-11-9-18(10-12-30)14-31-17(4)23(16(3)29-31)28-25(33)22-13-20(24(26)32)19-7-5-6-8-21(19)27-22/h5-8,13,15,18H,9-12,14H2,1-4H3,(H2,26,32)(H,28,33). The van der Waals surface area contributed by atoms with Crippen molar-refractivity contribution in [2.24, 2.45) is 11.7 Å². The number of piperidine rings is 1. The van der Waals surface area contributed by atoms with Crippen molar-refractivity contribution in [1.82, 2.24) is 19.1 Å². The zero-order valence-electron chi connectivity index (χ0n) is 21.0. The fraction of sp³-hybridized carbons (Fsp3) is 0.440. The number of nitrogens with zero attached hydrogens (tertiary/aromatic N) is 4. The number of aromatic nitrogens is 3. The molecule has 2 amide bonds. The van der Waals surface area contributed by atoms with Gasteiger partial charge in [-0.3, -0.25) is 14.3 Å². The summed E-state index contributed by atoms with van der Waals surface area (Å²) in [7, 11) is -3.24. The van der Waals surface area contributed by atoms with Gasteiger partial charge in [0.1, 0.15) is 5.69 Å². The van der Waals surface area contributed by atoms with Crippen LogP contribution in [0.5, 0.6) is 0 Å². The van der Waals surface area contributed by atoms with E-state index in [0.717, 1.165) is 18.5 Å². The summed E-state index contributed by atoms with van der Waals surface area (Å²) in [4.78, 5) is 29.5. The Bertz CT molecular complexity index is 1420. The molecular weight excluding hydrogens is 480 g/mol. The van der Waals surface area contributed by atoms with Crippen molar-refractivity contribution in [3.63, 3.8) is 0 Å². The molecular formula is C25H32N6O4S. The Labute approximate surface area is 210 Å². The lowest BCUT2D eigenvalue weighted by atomic mass is 9.98. The number of fused-ring (bicyclic) bond motifs is 1. The molecule has 3 aromatic rings. The summed E-state index contributed by atoms with van der Waals surface area (Å²) in [6, 6.07) is 8.44. The number of primary amides is 1. The number of pyridine rings is 1. The molecule has 1 aliphatic rings. The van der Waals surface area contributed by atoms with Gasteiger partial charge in [0.15, 0.2) is 0 Å². The number of nitrogens with one attached hydrogen (secondary N) is 1. The molecule has 11 heteroatoms. The van der Waals surface area contributed by atoms with Crippen LogP contribution in [0.2, 0.25) is 0 Å². The van der Waals surface area contributed by atoms with Gasteiger partial charge < -0.3 is 11.1 Å². The molecule has 1 aliphatic heterocycles. The lowest BCUT2D eigenvalue weighted by Crippen LogP contribution is -2.42. The van der Waals surface area contributed by atoms with Gasteiger partial charge in [0.2, 0.25) is 15.9 Å². The highest BCUT2D eigenvalue weighted by Crippen LogP contribution is 2.27. The Kier molecular flexibility index (Phi) is 7.14. The second kappa shape index (κ2) is 9.98. The summed E-state index contributed by atoms with van der Waals surface area (Å²) in [5, 5.41) is 7.68. The Morgan fingerprint density at radius 3 is 2.47 bits per heavy atom. The Morgan fingerprint density at radius 2 is 1.83 bits per heavy atom. The van der Waals surface area contributed by atoms with Crippen molar-refractivity contribution in [3.8, 4) is 0 Å². The molecule has 1 saturated heterocycles. The van der Waals surface area contributed by atoms with Crippen LogP contribution in [0.15, 0.2) is 30.3 Å². The van der Waals surface area contributed by atoms with Gasteiger partial charge in [-0.1, -0.05) is 18.2 Å². The summed E-state index contributed by atoms with van der Waals surface area (Å²) < 4.78 is 28.3. The Balaban J connectivity index is 1.49. The van der Waals surface area contributed by atoms with Gasteiger partial charge >= 0.3 is 0 Å². The monoisotopic (exact) mass is 512 g/mol. The molecule has 0 bridgehead atoms. The third-order valence-corrected chi connectivity index (χ3v) is 9.07. The summed E-state index contributed by atoms with van der Waals surface area (Å²) in [6.07, 6.45) is 1.51. The van der Waals surface area contributed by atoms with E-state index in [1.807, 2.05) is 18.5 Å². The van der Waals surface area contributed by atoms with Crippen LogP contribution in [0.25, 0.3) is 10.9 Å². The van der Waals surface area contributed by atoms with E-state index in [0.29, 0.717) is 41.9 Å². The van der Waals surface area contributed by atoms with Crippen molar-refractivity contribution < 1.29 is 18.0 Å². The first kappa shape index (κ1) is 25.8. The molecule has 0 radical (unpaired) electrons. The number of sulfonamides is 1. The second-order valence-electron chi connectivity index (χ2n) is 9.55. The van der Waals surface area contributed by atoms with Gasteiger partial charge in [0, 0.05) is 25.0 Å². The topological polar surface area (TPSA) is 140 Å². The number of amides is 2. The van der Waals surface area contributed by atoms with Crippen molar-refractivity contribution >= 4 is 38.4 Å². The predicted octanol–water partition coefficient (Wildman–Crippen LogP) is 2.85. The largest absolute Gasteiger partial charge is 0.366 e. The van der Waals surface area contributed by atoms with Crippen LogP contribution >= 0.6 is 0 Å². The SMILES string of the molecule is Cc1nn(CC2CCN(S(=O)(=O)C(C)C)CC2)c(C)c1NC(=O)c1cc(C(N)=O)c2ccccc2n1. The normalized spacial score (nSPS) is 15.5. The van der Waals surface area contributed by atoms with Gasteiger partial charge in [-0.15, -0.1) is 0 Å².